The van der Waals surface area contributed by atoms with Crippen molar-refractivity contribution in [3.8, 4) is 0 Å². The Morgan fingerprint density at radius 1 is 1.16 bits per heavy atom. The highest BCUT2D eigenvalue weighted by Crippen LogP contribution is 2.30. The number of nitrogens with zero attached hydrogens (tertiary/aromatic N) is 4. The van der Waals surface area contributed by atoms with Gasteiger partial charge in [0.15, 0.2) is 0 Å². The van der Waals surface area contributed by atoms with Gasteiger partial charge in [-0.05, 0) is 25.0 Å². The van der Waals surface area contributed by atoms with E-state index in [1.54, 1.807) is 6.07 Å². The van der Waals surface area contributed by atoms with Crippen molar-refractivity contribution in [3.05, 3.63) is 48.3 Å². The number of halogens is 3. The summed E-state index contributed by atoms with van der Waals surface area (Å²) in [6.07, 6.45) is 2.29. The minimum absolute atomic E-state index is 0.0466. The summed E-state index contributed by atoms with van der Waals surface area (Å²) in [5.41, 5.74) is -0.169. The smallest absolute Gasteiger partial charge is 0.371 e. The van der Waals surface area contributed by atoms with Gasteiger partial charge in [-0.1, -0.05) is 0 Å². The fourth-order valence-electron chi connectivity index (χ4n) is 2.73. The van der Waals surface area contributed by atoms with Crippen LogP contribution >= 0.6 is 0 Å². The molecule has 9 heteroatoms. The van der Waals surface area contributed by atoms with Gasteiger partial charge in [0.2, 0.25) is 0 Å². The number of piperidine rings is 1. The number of pyridine rings is 1. The summed E-state index contributed by atoms with van der Waals surface area (Å²) in [7, 11) is 0. The minimum Gasteiger partial charge on any atom is -0.371 e. The number of rotatable bonds is 3. The van der Waals surface area contributed by atoms with Crippen LogP contribution in [-0.2, 0) is 6.18 Å². The van der Waals surface area contributed by atoms with Gasteiger partial charge in [0.05, 0.1) is 6.20 Å². The van der Waals surface area contributed by atoms with Crippen LogP contribution in [0.1, 0.15) is 29.0 Å². The van der Waals surface area contributed by atoms with E-state index in [9.17, 15) is 18.0 Å². The van der Waals surface area contributed by atoms with Gasteiger partial charge in [0.1, 0.15) is 11.4 Å². The standard InChI is InChI=1S/C16H16F3N5O/c17-16(18,19)14-9-12(1-4-22-14)24-7-2-11(3-8-24)23-15(25)13-10-20-5-6-21-13/h1,4-6,9-11H,2-3,7-8H2,(H,23,25). The highest BCUT2D eigenvalue weighted by atomic mass is 19.4. The third kappa shape index (κ3) is 4.23. The highest BCUT2D eigenvalue weighted by molar-refractivity contribution is 5.92. The number of amides is 1. The first kappa shape index (κ1) is 17.1. The van der Waals surface area contributed by atoms with E-state index < -0.39 is 11.9 Å². The highest BCUT2D eigenvalue weighted by Gasteiger charge is 2.33. The number of hydrogen-bond acceptors (Lipinski definition) is 5. The molecule has 132 valence electrons. The normalized spacial score (nSPS) is 15.9. The second kappa shape index (κ2) is 7.04. The Hall–Kier alpha value is -2.71. The van der Waals surface area contributed by atoms with Crippen molar-refractivity contribution >= 4 is 11.6 Å². The van der Waals surface area contributed by atoms with Crippen LogP contribution in [0.2, 0.25) is 0 Å². The van der Waals surface area contributed by atoms with Crippen molar-refractivity contribution in [2.24, 2.45) is 0 Å². The van der Waals surface area contributed by atoms with E-state index in [1.807, 2.05) is 4.90 Å². The van der Waals surface area contributed by atoms with Gasteiger partial charge in [-0.3, -0.25) is 14.8 Å². The molecule has 2 aromatic rings. The molecule has 3 rings (SSSR count). The number of alkyl halides is 3. The predicted molar refractivity (Wildman–Crippen MR) is 84.0 cm³/mol. The SMILES string of the molecule is O=C(NC1CCN(c2ccnc(C(F)(F)F)c2)CC1)c1cnccn1. The van der Waals surface area contributed by atoms with E-state index in [1.165, 1.54) is 24.8 Å². The van der Waals surface area contributed by atoms with Crippen molar-refractivity contribution in [2.45, 2.75) is 25.1 Å². The summed E-state index contributed by atoms with van der Waals surface area (Å²) < 4.78 is 38.3. The van der Waals surface area contributed by atoms with Crippen LogP contribution in [0.5, 0.6) is 0 Å². The van der Waals surface area contributed by atoms with Crippen LogP contribution < -0.4 is 10.2 Å². The Balaban J connectivity index is 1.58. The first-order valence-corrected chi connectivity index (χ1v) is 7.78. The summed E-state index contributed by atoms with van der Waals surface area (Å²) in [6, 6.07) is 2.57. The molecule has 0 saturated carbocycles. The summed E-state index contributed by atoms with van der Waals surface area (Å²) in [5.74, 6) is -0.296. The molecular weight excluding hydrogens is 335 g/mol. The monoisotopic (exact) mass is 351 g/mol. The average molecular weight is 351 g/mol. The molecule has 1 aliphatic heterocycles. The first-order chi connectivity index (χ1) is 11.9. The maximum Gasteiger partial charge on any atom is 0.433 e. The van der Waals surface area contributed by atoms with Crippen LogP contribution in [0.25, 0.3) is 0 Å². The maximum atomic E-state index is 12.8. The third-order valence-corrected chi connectivity index (χ3v) is 4.03. The van der Waals surface area contributed by atoms with Gasteiger partial charge in [-0.25, -0.2) is 4.98 Å². The third-order valence-electron chi connectivity index (χ3n) is 4.03. The number of aromatic nitrogens is 3. The van der Waals surface area contributed by atoms with Crippen LogP contribution in [0.3, 0.4) is 0 Å². The molecule has 0 atom stereocenters. The van der Waals surface area contributed by atoms with Gasteiger partial charge >= 0.3 is 6.18 Å². The average Bonchev–Trinajstić information content (AvgIpc) is 2.62. The Morgan fingerprint density at radius 2 is 1.92 bits per heavy atom. The maximum absolute atomic E-state index is 12.8. The van der Waals surface area contributed by atoms with Crippen molar-refractivity contribution in [1.82, 2.24) is 20.3 Å². The van der Waals surface area contributed by atoms with E-state index >= 15 is 0 Å². The van der Waals surface area contributed by atoms with E-state index in [2.05, 4.69) is 20.3 Å². The number of anilines is 1. The van der Waals surface area contributed by atoms with Crippen molar-refractivity contribution < 1.29 is 18.0 Å². The van der Waals surface area contributed by atoms with Crippen LogP contribution in [-0.4, -0.2) is 40.0 Å². The van der Waals surface area contributed by atoms with E-state index in [-0.39, 0.29) is 17.6 Å². The summed E-state index contributed by atoms with van der Waals surface area (Å²) in [4.78, 5) is 25.1. The Kier molecular flexibility index (Phi) is 4.82. The molecule has 0 unspecified atom stereocenters. The van der Waals surface area contributed by atoms with Crippen molar-refractivity contribution in [3.63, 3.8) is 0 Å². The summed E-state index contributed by atoms with van der Waals surface area (Å²) in [6.45, 7) is 1.10. The molecule has 0 spiro atoms. The predicted octanol–water partition coefficient (Wildman–Crippen LogP) is 2.29. The topological polar surface area (TPSA) is 71.0 Å². The number of carbonyl (C=O) groups excluding carboxylic acids is 1. The molecule has 2 aromatic heterocycles. The van der Waals surface area contributed by atoms with Crippen LogP contribution in [0.4, 0.5) is 18.9 Å². The number of hydrogen-bond donors (Lipinski definition) is 1. The number of carbonyl (C=O) groups is 1. The van der Waals surface area contributed by atoms with E-state index in [4.69, 9.17) is 0 Å². The Morgan fingerprint density at radius 3 is 2.56 bits per heavy atom. The molecule has 1 amide bonds. The number of nitrogens with one attached hydrogen (secondary N) is 1. The quantitative estimate of drug-likeness (QED) is 0.919. The molecule has 0 radical (unpaired) electrons. The summed E-state index contributed by atoms with van der Waals surface area (Å²) >= 11 is 0. The second-order valence-corrected chi connectivity index (χ2v) is 5.72. The van der Waals surface area contributed by atoms with Crippen LogP contribution in [0.15, 0.2) is 36.9 Å². The Bertz CT molecular complexity index is 730. The van der Waals surface area contributed by atoms with Crippen molar-refractivity contribution in [1.29, 1.82) is 0 Å². The molecule has 1 N–H and O–H groups in total. The molecule has 25 heavy (non-hydrogen) atoms. The molecule has 1 aliphatic rings. The van der Waals surface area contributed by atoms with Crippen molar-refractivity contribution in [2.75, 3.05) is 18.0 Å². The molecule has 0 bridgehead atoms. The molecule has 0 aromatic carbocycles. The minimum atomic E-state index is -4.46. The fourth-order valence-corrected chi connectivity index (χ4v) is 2.73. The van der Waals surface area contributed by atoms with Gasteiger partial charge in [-0.2, -0.15) is 13.2 Å². The molecule has 1 fully saturated rings. The lowest BCUT2D eigenvalue weighted by Crippen LogP contribution is -2.45. The zero-order valence-electron chi connectivity index (χ0n) is 13.2. The van der Waals surface area contributed by atoms with Gasteiger partial charge in [-0.15, -0.1) is 0 Å². The van der Waals surface area contributed by atoms with Gasteiger partial charge in [0.25, 0.3) is 5.91 Å². The lowest BCUT2D eigenvalue weighted by molar-refractivity contribution is -0.141. The lowest BCUT2D eigenvalue weighted by atomic mass is 10.0. The Labute approximate surface area is 142 Å². The van der Waals surface area contributed by atoms with Gasteiger partial charge in [0, 0.05) is 43.4 Å². The molecule has 3 heterocycles. The van der Waals surface area contributed by atoms with Gasteiger partial charge < -0.3 is 10.2 Å². The fraction of sp³-hybridized carbons (Fsp3) is 0.375. The molecule has 0 aliphatic carbocycles. The lowest BCUT2D eigenvalue weighted by Gasteiger charge is -2.34. The second-order valence-electron chi connectivity index (χ2n) is 5.72. The largest absolute Gasteiger partial charge is 0.433 e. The summed E-state index contributed by atoms with van der Waals surface area (Å²) in [5, 5.41) is 2.88. The zero-order valence-corrected chi connectivity index (χ0v) is 13.2. The molecule has 1 saturated heterocycles. The van der Waals surface area contributed by atoms with Crippen LogP contribution in [0, 0.1) is 0 Å². The van der Waals surface area contributed by atoms with E-state index in [0.29, 0.717) is 31.6 Å². The first-order valence-electron chi connectivity index (χ1n) is 7.78. The molecular formula is C16H16F3N5O. The van der Waals surface area contributed by atoms with E-state index in [0.717, 1.165) is 6.07 Å². The molecule has 6 nitrogen and oxygen atoms in total. The zero-order chi connectivity index (χ0) is 17.9.